The van der Waals surface area contributed by atoms with Gasteiger partial charge in [0.2, 0.25) is 17.7 Å². The van der Waals surface area contributed by atoms with E-state index in [1.807, 2.05) is 0 Å². The first kappa shape index (κ1) is 18.1. The summed E-state index contributed by atoms with van der Waals surface area (Å²) < 4.78 is 14.6. The van der Waals surface area contributed by atoms with Gasteiger partial charge in [-0.05, 0) is 38.1 Å². The summed E-state index contributed by atoms with van der Waals surface area (Å²) in [6.07, 6.45) is -0.115. The molecule has 0 saturated carbocycles. The molecule has 0 aliphatic carbocycles. The highest BCUT2D eigenvalue weighted by Gasteiger charge is 2.25. The fourth-order valence-corrected chi connectivity index (χ4v) is 2.42. The zero-order chi connectivity index (χ0) is 18.7. The van der Waals surface area contributed by atoms with Crippen LogP contribution < -0.4 is 16.8 Å². The van der Waals surface area contributed by atoms with E-state index < -0.39 is 23.8 Å². The quantitative estimate of drug-likeness (QED) is 0.615. The van der Waals surface area contributed by atoms with E-state index in [-0.39, 0.29) is 12.2 Å². The van der Waals surface area contributed by atoms with Crippen LogP contribution in [0.4, 0.5) is 4.39 Å². The minimum Gasteiger partial charge on any atom is -0.367 e. The second kappa shape index (κ2) is 7.12. The molecule has 0 spiro atoms. The minimum atomic E-state index is -1.57. The molecule has 1 heterocycles. The van der Waals surface area contributed by atoms with Crippen LogP contribution in [0.25, 0.3) is 5.69 Å². The molecule has 8 nitrogen and oxygen atoms in total. The number of nitrogens with one attached hydrogen (secondary N) is 1. The highest BCUT2D eigenvalue weighted by Crippen LogP contribution is 2.18. The number of hydrogen-bond donors (Lipinski definition) is 3. The van der Waals surface area contributed by atoms with Crippen LogP contribution in [0.1, 0.15) is 17.0 Å². The van der Waals surface area contributed by atoms with Gasteiger partial charge in [0.1, 0.15) is 5.82 Å². The van der Waals surface area contributed by atoms with Crippen LogP contribution >= 0.6 is 0 Å². The third kappa shape index (κ3) is 4.00. The van der Waals surface area contributed by atoms with Crippen molar-refractivity contribution in [3.8, 4) is 5.69 Å². The number of aryl methyl sites for hydroxylation is 1. The molecule has 0 aliphatic heterocycles. The molecule has 3 amide bonds. The summed E-state index contributed by atoms with van der Waals surface area (Å²) in [7, 11) is 0. The summed E-state index contributed by atoms with van der Waals surface area (Å²) >= 11 is 0. The van der Waals surface area contributed by atoms with E-state index in [1.54, 1.807) is 30.7 Å². The normalized spacial score (nSPS) is 10.7. The van der Waals surface area contributed by atoms with Gasteiger partial charge >= 0.3 is 0 Å². The molecule has 2 rings (SSSR count). The van der Waals surface area contributed by atoms with Gasteiger partial charge in [-0.25, -0.2) is 9.07 Å². The Kier molecular flexibility index (Phi) is 5.16. The van der Waals surface area contributed by atoms with Crippen molar-refractivity contribution in [2.24, 2.45) is 11.5 Å². The van der Waals surface area contributed by atoms with Crippen LogP contribution in [0.3, 0.4) is 0 Å². The van der Waals surface area contributed by atoms with Gasteiger partial charge in [0.15, 0.2) is 6.04 Å². The minimum absolute atomic E-state index is 0.115. The number of aromatic nitrogens is 2. The lowest BCUT2D eigenvalue weighted by molar-refractivity contribution is -0.133. The average Bonchev–Trinajstić information content (AvgIpc) is 2.81. The molecule has 0 fully saturated rings. The van der Waals surface area contributed by atoms with Gasteiger partial charge < -0.3 is 16.8 Å². The maximum Gasteiger partial charge on any atom is 0.249 e. The Balaban J connectivity index is 2.23. The fourth-order valence-electron chi connectivity index (χ4n) is 2.42. The summed E-state index contributed by atoms with van der Waals surface area (Å²) in [6.45, 7) is 3.47. The van der Waals surface area contributed by atoms with Gasteiger partial charge in [0.25, 0.3) is 0 Å². The van der Waals surface area contributed by atoms with Gasteiger partial charge in [0, 0.05) is 11.3 Å². The van der Waals surface area contributed by atoms with E-state index in [0.29, 0.717) is 22.6 Å². The van der Waals surface area contributed by atoms with Gasteiger partial charge in [-0.3, -0.25) is 14.4 Å². The molecular formula is C16H18FN5O3. The molecule has 0 atom stereocenters. The number of carbonyl (C=O) groups excluding carboxylic acids is 3. The lowest BCUT2D eigenvalue weighted by Crippen LogP contribution is -2.52. The zero-order valence-corrected chi connectivity index (χ0v) is 13.7. The lowest BCUT2D eigenvalue weighted by atomic mass is 10.1. The summed E-state index contributed by atoms with van der Waals surface area (Å²) in [5.74, 6) is -3.02. The summed E-state index contributed by atoms with van der Waals surface area (Å²) in [4.78, 5) is 34.4. The number of nitrogens with two attached hydrogens (primary N) is 2. The monoisotopic (exact) mass is 347 g/mol. The van der Waals surface area contributed by atoms with Gasteiger partial charge in [-0.1, -0.05) is 0 Å². The molecule has 5 N–H and O–H groups in total. The van der Waals surface area contributed by atoms with Gasteiger partial charge in [-0.15, -0.1) is 0 Å². The summed E-state index contributed by atoms with van der Waals surface area (Å²) in [6, 6.07) is 4.18. The maximum atomic E-state index is 13.1. The number of amides is 3. The second-order valence-electron chi connectivity index (χ2n) is 5.52. The molecule has 0 aliphatic rings. The van der Waals surface area contributed by atoms with Crippen molar-refractivity contribution in [1.82, 2.24) is 15.1 Å². The zero-order valence-electron chi connectivity index (χ0n) is 13.7. The van der Waals surface area contributed by atoms with E-state index in [4.69, 9.17) is 11.5 Å². The van der Waals surface area contributed by atoms with Crippen LogP contribution in [0.15, 0.2) is 24.3 Å². The predicted molar refractivity (Wildman–Crippen MR) is 87.0 cm³/mol. The molecule has 1 aromatic heterocycles. The van der Waals surface area contributed by atoms with Crippen LogP contribution in [0, 0.1) is 19.7 Å². The summed E-state index contributed by atoms with van der Waals surface area (Å²) in [5, 5.41) is 6.54. The largest absolute Gasteiger partial charge is 0.367 e. The van der Waals surface area contributed by atoms with Crippen molar-refractivity contribution in [2.45, 2.75) is 26.3 Å². The molecule has 2 aromatic rings. The molecule has 9 heteroatoms. The molecule has 25 heavy (non-hydrogen) atoms. The SMILES string of the molecule is Cc1nn(-c2ccc(F)cc2)c(C)c1CC(=O)NC(C(N)=O)C(N)=O. The molecule has 0 saturated heterocycles. The van der Waals surface area contributed by atoms with Crippen LogP contribution in [0.2, 0.25) is 0 Å². The topological polar surface area (TPSA) is 133 Å². The Labute approximate surface area is 143 Å². The molecule has 1 aromatic carbocycles. The molecule has 0 unspecified atom stereocenters. The Morgan fingerprint density at radius 1 is 1.16 bits per heavy atom. The number of hydrogen-bond acceptors (Lipinski definition) is 4. The van der Waals surface area contributed by atoms with Gasteiger partial charge in [0.05, 0.1) is 17.8 Å². The van der Waals surface area contributed by atoms with E-state index in [2.05, 4.69) is 10.4 Å². The molecule has 0 radical (unpaired) electrons. The Morgan fingerprint density at radius 2 is 1.72 bits per heavy atom. The number of halogens is 1. The van der Waals surface area contributed by atoms with Crippen molar-refractivity contribution in [1.29, 1.82) is 0 Å². The first-order valence-electron chi connectivity index (χ1n) is 7.39. The van der Waals surface area contributed by atoms with E-state index in [1.165, 1.54) is 12.1 Å². The van der Waals surface area contributed by atoms with Crippen molar-refractivity contribution < 1.29 is 18.8 Å². The number of nitrogens with zero attached hydrogens (tertiary/aromatic N) is 2. The Bertz CT molecular complexity index is 815. The Morgan fingerprint density at radius 3 is 2.24 bits per heavy atom. The van der Waals surface area contributed by atoms with E-state index >= 15 is 0 Å². The second-order valence-corrected chi connectivity index (χ2v) is 5.52. The van der Waals surface area contributed by atoms with Crippen molar-refractivity contribution in [3.05, 3.63) is 47.0 Å². The highest BCUT2D eigenvalue weighted by atomic mass is 19.1. The van der Waals surface area contributed by atoms with Crippen LogP contribution in [-0.2, 0) is 20.8 Å². The first-order valence-corrected chi connectivity index (χ1v) is 7.39. The number of primary amides is 2. The standard InChI is InChI=1S/C16H18FN5O3/c1-8-12(7-13(23)20-14(15(18)24)16(19)25)9(2)22(21-8)11-5-3-10(17)4-6-11/h3-6,14H,7H2,1-2H3,(H2,18,24)(H2,19,25)(H,20,23). The Hall–Kier alpha value is -3.23. The average molecular weight is 347 g/mol. The predicted octanol–water partition coefficient (Wildman–Crippen LogP) is -0.374. The molecule has 132 valence electrons. The smallest absolute Gasteiger partial charge is 0.249 e. The van der Waals surface area contributed by atoms with Crippen LogP contribution in [-0.4, -0.2) is 33.5 Å². The van der Waals surface area contributed by atoms with E-state index in [0.717, 1.165) is 0 Å². The van der Waals surface area contributed by atoms with Crippen LogP contribution in [0.5, 0.6) is 0 Å². The highest BCUT2D eigenvalue weighted by molar-refractivity contribution is 6.05. The van der Waals surface area contributed by atoms with E-state index in [9.17, 15) is 18.8 Å². The van der Waals surface area contributed by atoms with Crippen molar-refractivity contribution in [2.75, 3.05) is 0 Å². The molecule has 0 bridgehead atoms. The maximum absolute atomic E-state index is 13.1. The number of rotatable bonds is 6. The number of benzene rings is 1. The lowest BCUT2D eigenvalue weighted by Gasteiger charge is -2.12. The van der Waals surface area contributed by atoms with Crippen molar-refractivity contribution in [3.63, 3.8) is 0 Å². The molecular weight excluding hydrogens is 329 g/mol. The summed E-state index contributed by atoms with van der Waals surface area (Å²) in [5.41, 5.74) is 12.6. The number of carbonyl (C=O) groups is 3. The van der Waals surface area contributed by atoms with Crippen molar-refractivity contribution >= 4 is 17.7 Å². The fraction of sp³-hybridized carbons (Fsp3) is 0.250. The third-order valence-electron chi connectivity index (χ3n) is 3.72. The van der Waals surface area contributed by atoms with Gasteiger partial charge in [-0.2, -0.15) is 5.10 Å². The first-order chi connectivity index (χ1) is 11.7. The third-order valence-corrected chi connectivity index (χ3v) is 3.72.